The smallest absolute Gasteiger partial charge is 0.338 e. The molecule has 0 aliphatic rings. The molecule has 2 rings (SSSR count). The summed E-state index contributed by atoms with van der Waals surface area (Å²) < 4.78 is 4.99. The molecular weight excluding hydrogens is 356 g/mol. The molecule has 2 N–H and O–H groups in total. The zero-order valence-electron chi connectivity index (χ0n) is 16.7. The van der Waals surface area contributed by atoms with E-state index in [1.165, 1.54) is 0 Å². The number of anilines is 1. The van der Waals surface area contributed by atoms with Crippen LogP contribution in [0.25, 0.3) is 0 Å². The fourth-order valence-corrected chi connectivity index (χ4v) is 2.53. The van der Waals surface area contributed by atoms with Gasteiger partial charge in [0, 0.05) is 5.69 Å². The van der Waals surface area contributed by atoms with Gasteiger partial charge in [-0.25, -0.2) is 4.79 Å². The molecule has 0 radical (unpaired) electrons. The molecule has 0 bridgehead atoms. The molecule has 0 heterocycles. The molecule has 0 aliphatic carbocycles. The first kappa shape index (κ1) is 21.2. The second-order valence-corrected chi connectivity index (χ2v) is 6.93. The van der Waals surface area contributed by atoms with Crippen molar-refractivity contribution in [3.05, 3.63) is 64.7 Å². The average Bonchev–Trinajstić information content (AvgIpc) is 2.68. The van der Waals surface area contributed by atoms with E-state index in [1.54, 1.807) is 18.2 Å². The van der Waals surface area contributed by atoms with Gasteiger partial charge in [-0.3, -0.25) is 9.59 Å². The van der Waals surface area contributed by atoms with E-state index >= 15 is 0 Å². The van der Waals surface area contributed by atoms with Crippen LogP contribution in [0, 0.1) is 13.8 Å². The van der Waals surface area contributed by atoms with Crippen molar-refractivity contribution in [1.82, 2.24) is 5.32 Å². The Morgan fingerprint density at radius 2 is 1.64 bits per heavy atom. The normalized spacial score (nSPS) is 10.5. The van der Waals surface area contributed by atoms with E-state index in [-0.39, 0.29) is 12.5 Å². The second-order valence-electron chi connectivity index (χ2n) is 6.93. The van der Waals surface area contributed by atoms with E-state index in [2.05, 4.69) is 24.5 Å². The minimum absolute atomic E-state index is 0.202. The first-order valence-corrected chi connectivity index (χ1v) is 9.17. The van der Waals surface area contributed by atoms with E-state index in [9.17, 15) is 14.4 Å². The van der Waals surface area contributed by atoms with Gasteiger partial charge in [-0.2, -0.15) is 0 Å². The van der Waals surface area contributed by atoms with Crippen molar-refractivity contribution in [2.24, 2.45) is 0 Å². The highest BCUT2D eigenvalue weighted by Crippen LogP contribution is 2.17. The van der Waals surface area contributed by atoms with E-state index in [1.807, 2.05) is 38.1 Å². The highest BCUT2D eigenvalue weighted by Gasteiger charge is 2.12. The van der Waals surface area contributed by atoms with Crippen LogP contribution in [0.1, 0.15) is 46.8 Å². The van der Waals surface area contributed by atoms with Crippen LogP contribution < -0.4 is 10.6 Å². The van der Waals surface area contributed by atoms with Gasteiger partial charge in [0.15, 0.2) is 6.61 Å². The minimum atomic E-state index is -0.578. The molecule has 0 saturated carbocycles. The van der Waals surface area contributed by atoms with Gasteiger partial charge in [0.2, 0.25) is 5.91 Å². The lowest BCUT2D eigenvalue weighted by molar-refractivity contribution is -0.126. The van der Waals surface area contributed by atoms with Crippen LogP contribution >= 0.6 is 0 Å². The zero-order chi connectivity index (χ0) is 20.7. The van der Waals surface area contributed by atoms with Crippen LogP contribution in [0.5, 0.6) is 0 Å². The summed E-state index contributed by atoms with van der Waals surface area (Å²) in [5.41, 5.74) is 4.24. The van der Waals surface area contributed by atoms with Crippen LogP contribution in [-0.2, 0) is 14.3 Å². The first-order chi connectivity index (χ1) is 13.3. The quantitative estimate of drug-likeness (QED) is 0.720. The zero-order valence-corrected chi connectivity index (χ0v) is 16.7. The van der Waals surface area contributed by atoms with Crippen molar-refractivity contribution >= 4 is 23.5 Å². The fourth-order valence-electron chi connectivity index (χ4n) is 2.53. The first-order valence-electron chi connectivity index (χ1n) is 9.17. The molecule has 0 saturated heterocycles. The topological polar surface area (TPSA) is 84.5 Å². The molecule has 148 valence electrons. The summed E-state index contributed by atoms with van der Waals surface area (Å²) in [6.07, 6.45) is 0. The van der Waals surface area contributed by atoms with Gasteiger partial charge in [0.25, 0.3) is 5.91 Å². The van der Waals surface area contributed by atoms with E-state index in [4.69, 9.17) is 4.74 Å². The largest absolute Gasteiger partial charge is 0.452 e. The Morgan fingerprint density at radius 3 is 2.29 bits per heavy atom. The van der Waals surface area contributed by atoms with Crippen molar-refractivity contribution in [2.45, 2.75) is 33.6 Å². The molecule has 0 atom stereocenters. The van der Waals surface area contributed by atoms with Crippen molar-refractivity contribution in [3.63, 3.8) is 0 Å². The summed E-state index contributed by atoms with van der Waals surface area (Å²) in [6.45, 7) is 7.35. The summed E-state index contributed by atoms with van der Waals surface area (Å²) in [4.78, 5) is 35.8. The Bertz CT molecular complexity index is 857. The van der Waals surface area contributed by atoms with Gasteiger partial charge >= 0.3 is 5.97 Å². The number of hydrogen-bond donors (Lipinski definition) is 2. The van der Waals surface area contributed by atoms with Crippen molar-refractivity contribution < 1.29 is 19.1 Å². The van der Waals surface area contributed by atoms with E-state index in [0.29, 0.717) is 17.2 Å². The number of carbonyl (C=O) groups excluding carboxylic acids is 3. The number of ether oxygens (including phenoxy) is 1. The Morgan fingerprint density at radius 1 is 0.964 bits per heavy atom. The summed E-state index contributed by atoms with van der Waals surface area (Å²) in [5, 5.41) is 5.19. The van der Waals surface area contributed by atoms with E-state index in [0.717, 1.165) is 16.7 Å². The maximum atomic E-state index is 12.0. The molecule has 0 aliphatic heterocycles. The van der Waals surface area contributed by atoms with Crippen LogP contribution in [0.15, 0.2) is 42.5 Å². The van der Waals surface area contributed by atoms with Crippen molar-refractivity contribution in [2.75, 3.05) is 18.5 Å². The lowest BCUT2D eigenvalue weighted by Crippen LogP contribution is -2.35. The van der Waals surface area contributed by atoms with Crippen molar-refractivity contribution in [3.8, 4) is 0 Å². The maximum absolute atomic E-state index is 12.0. The molecule has 6 nitrogen and oxygen atoms in total. The van der Waals surface area contributed by atoms with Gasteiger partial charge < -0.3 is 15.4 Å². The summed E-state index contributed by atoms with van der Waals surface area (Å²) in [5.74, 6) is -1.10. The Labute approximate surface area is 165 Å². The molecule has 2 aromatic carbocycles. The molecule has 2 aromatic rings. The highest BCUT2D eigenvalue weighted by molar-refractivity contribution is 5.96. The van der Waals surface area contributed by atoms with Gasteiger partial charge in [0.1, 0.15) is 0 Å². The standard InChI is InChI=1S/C22H26N2O4/c1-14(2)17-8-10-18(11-9-17)22(27)28-13-21(26)23-12-20(25)24-19-7-5-6-15(3)16(19)4/h5-11,14H,12-13H2,1-4H3,(H,23,26)(H,24,25). The lowest BCUT2D eigenvalue weighted by Gasteiger charge is -2.11. The van der Waals surface area contributed by atoms with Crippen LogP contribution in [0.4, 0.5) is 5.69 Å². The van der Waals surface area contributed by atoms with Crippen LogP contribution in [0.3, 0.4) is 0 Å². The number of esters is 1. The molecule has 28 heavy (non-hydrogen) atoms. The molecular formula is C22H26N2O4. The molecule has 0 spiro atoms. The van der Waals surface area contributed by atoms with Crippen LogP contribution in [-0.4, -0.2) is 30.9 Å². The van der Waals surface area contributed by atoms with Gasteiger partial charge in [-0.05, 0) is 54.7 Å². The third kappa shape index (κ3) is 5.94. The third-order valence-corrected chi connectivity index (χ3v) is 4.47. The Hall–Kier alpha value is -3.15. The molecule has 0 fully saturated rings. The molecule has 6 heteroatoms. The number of benzene rings is 2. The predicted molar refractivity (Wildman–Crippen MR) is 108 cm³/mol. The number of aryl methyl sites for hydroxylation is 1. The van der Waals surface area contributed by atoms with Gasteiger partial charge in [0.05, 0.1) is 12.1 Å². The van der Waals surface area contributed by atoms with Gasteiger partial charge in [-0.1, -0.05) is 38.1 Å². The number of carbonyl (C=O) groups is 3. The fraction of sp³-hybridized carbons (Fsp3) is 0.318. The number of hydrogen-bond acceptors (Lipinski definition) is 4. The molecule has 0 unspecified atom stereocenters. The van der Waals surface area contributed by atoms with Gasteiger partial charge in [-0.15, -0.1) is 0 Å². The Balaban J connectivity index is 1.76. The van der Waals surface area contributed by atoms with E-state index < -0.39 is 18.5 Å². The van der Waals surface area contributed by atoms with Crippen LogP contribution in [0.2, 0.25) is 0 Å². The average molecular weight is 382 g/mol. The number of amides is 2. The lowest BCUT2D eigenvalue weighted by atomic mass is 10.0. The highest BCUT2D eigenvalue weighted by atomic mass is 16.5. The molecule has 2 amide bonds. The Kier molecular flexibility index (Phi) is 7.32. The minimum Gasteiger partial charge on any atom is -0.452 e. The molecule has 0 aromatic heterocycles. The maximum Gasteiger partial charge on any atom is 0.338 e. The summed E-state index contributed by atoms with van der Waals surface area (Å²) in [7, 11) is 0. The number of rotatable bonds is 7. The summed E-state index contributed by atoms with van der Waals surface area (Å²) in [6, 6.07) is 12.7. The SMILES string of the molecule is Cc1cccc(NC(=O)CNC(=O)COC(=O)c2ccc(C(C)C)cc2)c1C. The predicted octanol–water partition coefficient (Wildman–Crippen LogP) is 3.34. The third-order valence-electron chi connectivity index (χ3n) is 4.47. The second kappa shape index (κ2) is 9.69. The monoisotopic (exact) mass is 382 g/mol. The summed E-state index contributed by atoms with van der Waals surface area (Å²) >= 11 is 0. The number of nitrogens with one attached hydrogen (secondary N) is 2. The van der Waals surface area contributed by atoms with Crippen molar-refractivity contribution in [1.29, 1.82) is 0 Å².